The quantitative estimate of drug-likeness (QED) is 0.00733. The van der Waals surface area contributed by atoms with E-state index >= 15 is 0 Å². The molecule has 146 heavy (non-hydrogen) atoms. The molecular weight excluding hydrogens is 1990 g/mol. The number of benzene rings is 8. The van der Waals surface area contributed by atoms with Crippen LogP contribution < -0.4 is 53.2 Å². The van der Waals surface area contributed by atoms with Gasteiger partial charge in [0.15, 0.2) is 43.9 Å². The van der Waals surface area contributed by atoms with Gasteiger partial charge < -0.3 is 53.2 Å². The van der Waals surface area contributed by atoms with Gasteiger partial charge in [-0.2, -0.15) is 0 Å². The van der Waals surface area contributed by atoms with Crippen LogP contribution in [0.3, 0.4) is 0 Å². The van der Waals surface area contributed by atoms with Crippen molar-refractivity contribution in [3.05, 3.63) is 307 Å². The first-order valence-electron chi connectivity index (χ1n) is 42.3. The van der Waals surface area contributed by atoms with Crippen molar-refractivity contribution in [3.8, 4) is 0 Å². The van der Waals surface area contributed by atoms with Crippen molar-refractivity contribution in [1.82, 2.24) is 21.3 Å². The average Bonchev–Trinajstić information content (AvgIpc) is 0.809. The molecule has 0 bridgehead atoms. The Balaban J connectivity index is 0.000000343. The molecule has 0 heterocycles. The number of hydrogen-bond acceptors (Lipinski definition) is 44. The molecule has 0 unspecified atom stereocenters. The van der Waals surface area contributed by atoms with Crippen LogP contribution in [0.4, 0.5) is 125 Å². The standard InChI is InChI=1S/2C22H27N7O9.2C19H20N6O9S/c2*1-22(2,3)25-21(30)14(24-20-17(28(35)36)11-7-12-18(20)29(37)38)8-4-5-13-23-19-15(26(31)32)9-6-10-16(19)27(33)34;2*1-19(2,3)21-18(26)11(20-16-12(22(27)28)6-4-7-13(16)23(29)30)10-35-17-14(24(31)32)8-5-9-15(17)25(33)34/h2*6-7,9-12,14,23-24H,4-5,8,13H2,1-3H3,(H,25,30);2*4-9,11,20H,10H2,1-3H3,(H,21,26)/t2*14-;2*11-/m0000/s1. The maximum absolute atomic E-state index is 13.0. The number of nitrogens with one attached hydrogen (secondary N) is 10. The first-order valence-corrected chi connectivity index (χ1v) is 44.3. The van der Waals surface area contributed by atoms with E-state index in [1.807, 2.05) is 0 Å². The van der Waals surface area contributed by atoms with Gasteiger partial charge in [0.1, 0.15) is 24.2 Å². The van der Waals surface area contributed by atoms with Gasteiger partial charge in [0, 0.05) is 144 Å². The molecule has 780 valence electrons. The van der Waals surface area contributed by atoms with E-state index in [-0.39, 0.29) is 59.9 Å². The third kappa shape index (κ3) is 35.1. The number of rotatable bonds is 46. The van der Waals surface area contributed by atoms with E-state index in [1.54, 1.807) is 83.1 Å². The third-order valence-electron chi connectivity index (χ3n) is 19.0. The van der Waals surface area contributed by atoms with Crippen LogP contribution in [0.25, 0.3) is 0 Å². The first-order chi connectivity index (χ1) is 67.9. The van der Waals surface area contributed by atoms with E-state index in [2.05, 4.69) is 53.2 Å². The molecule has 10 N–H and O–H groups in total. The fourth-order valence-corrected chi connectivity index (χ4v) is 15.3. The lowest BCUT2D eigenvalue weighted by atomic mass is 10.0. The topological polar surface area (TPSA) is 879 Å². The Kier molecular flexibility index (Phi) is 42.2. The van der Waals surface area contributed by atoms with E-state index in [4.69, 9.17) is 0 Å². The molecule has 64 heteroatoms. The van der Waals surface area contributed by atoms with E-state index in [9.17, 15) is 181 Å². The van der Waals surface area contributed by atoms with Crippen LogP contribution in [-0.4, -0.2) is 173 Å². The summed E-state index contributed by atoms with van der Waals surface area (Å²) in [6.07, 6.45) is 1.31. The SMILES string of the molecule is CC(C)(C)NC(=O)[C@H](CCCCNc1c([N+](=O)[O-])cccc1[N+](=O)[O-])Nc1c([N+](=O)[O-])cccc1[N+](=O)[O-].CC(C)(C)NC(=O)[C@H](CCCCNc1c([N+](=O)[O-])cccc1[N+](=O)[O-])Nc1c([N+](=O)[O-])cccc1[N+](=O)[O-].CC(C)(C)NC(=O)[C@H](CSc1c([N+](=O)[O-])cccc1[N+](=O)[O-])Nc1c([N+](=O)[O-])cccc1[N+](=O)[O-].CC(C)(C)NC(=O)[C@H](CSc1c([N+](=O)[O-])cccc1[N+](=O)[O-])Nc1c([N+](=O)[O-])cccc1[N+](=O)[O-]. The summed E-state index contributed by atoms with van der Waals surface area (Å²) in [5.74, 6) is -3.36. The molecule has 0 aliphatic rings. The van der Waals surface area contributed by atoms with Gasteiger partial charge in [-0.25, -0.2) is 0 Å². The summed E-state index contributed by atoms with van der Waals surface area (Å²) >= 11 is 1.19. The normalized spacial score (nSPS) is 11.8. The van der Waals surface area contributed by atoms with E-state index in [0.29, 0.717) is 36.4 Å². The van der Waals surface area contributed by atoms with Gasteiger partial charge in [0.2, 0.25) is 23.6 Å². The fourth-order valence-electron chi connectivity index (χ4n) is 13.0. The van der Waals surface area contributed by atoms with Gasteiger partial charge in [-0.15, -0.1) is 23.5 Å². The molecule has 4 amide bonds. The zero-order valence-electron chi connectivity index (χ0n) is 78.9. The maximum atomic E-state index is 13.0. The van der Waals surface area contributed by atoms with Crippen molar-refractivity contribution >= 4 is 172 Å². The first kappa shape index (κ1) is 118. The number of anilines is 6. The second-order valence-corrected chi connectivity index (χ2v) is 36.7. The minimum absolute atomic E-state index is 0.0743. The molecule has 0 saturated heterocycles. The molecule has 4 atom stereocenters. The Hall–Kier alpha value is -18.5. The Bertz CT molecular complexity index is 5760. The lowest BCUT2D eigenvalue weighted by Crippen LogP contribution is -2.49. The molecule has 0 spiro atoms. The van der Waals surface area contributed by atoms with Crippen LogP contribution in [0, 0.1) is 162 Å². The zero-order chi connectivity index (χ0) is 110. The van der Waals surface area contributed by atoms with Crippen molar-refractivity contribution < 1.29 is 98.0 Å². The Morgan fingerprint density at radius 3 is 0.527 bits per heavy atom. The smallest absolute Gasteiger partial charge is 0.299 e. The summed E-state index contributed by atoms with van der Waals surface area (Å²) in [5.41, 5.74) is -14.4. The summed E-state index contributed by atoms with van der Waals surface area (Å²) in [7, 11) is 0. The van der Waals surface area contributed by atoms with E-state index in [0.717, 1.165) is 121 Å². The van der Waals surface area contributed by atoms with Crippen LogP contribution in [0.2, 0.25) is 0 Å². The fraction of sp³-hybridized carbons (Fsp3) is 0.366. The number of unbranched alkanes of at least 4 members (excludes halogenated alkanes) is 2. The molecule has 62 nitrogen and oxygen atoms in total. The van der Waals surface area contributed by atoms with Gasteiger partial charge in [-0.3, -0.25) is 181 Å². The molecule has 8 rings (SSSR count). The Labute approximate surface area is 829 Å². The number of hydrogen-bond donors (Lipinski definition) is 10. The molecule has 0 saturated carbocycles. The van der Waals surface area contributed by atoms with Gasteiger partial charge in [-0.1, -0.05) is 0 Å². The zero-order valence-corrected chi connectivity index (χ0v) is 80.5. The Morgan fingerprint density at radius 1 is 0.226 bits per heavy atom. The summed E-state index contributed by atoms with van der Waals surface area (Å²) in [6, 6.07) is 21.3. The highest BCUT2D eigenvalue weighted by molar-refractivity contribution is 8.00. The van der Waals surface area contributed by atoms with Crippen molar-refractivity contribution in [2.45, 2.75) is 178 Å². The molecular formula is C82H94N26O36S2. The monoisotopic (exact) mass is 2080 g/mol. The number of para-hydroxylation sites is 6. The minimum Gasteiger partial charge on any atom is -0.374 e. The van der Waals surface area contributed by atoms with Crippen LogP contribution in [0.5, 0.6) is 0 Å². The lowest BCUT2D eigenvalue weighted by molar-refractivity contribution is -0.399. The van der Waals surface area contributed by atoms with Gasteiger partial charge in [-0.05, 0) is 170 Å². The molecule has 0 radical (unpaired) electrons. The number of carbonyl (C=O) groups excluding carboxylic acids is 4. The molecule has 0 aliphatic carbocycles. The number of carbonyl (C=O) groups is 4. The van der Waals surface area contributed by atoms with Crippen molar-refractivity contribution in [2.75, 3.05) is 56.5 Å². The number of nitrogens with zero attached hydrogens (tertiary/aromatic N) is 16. The van der Waals surface area contributed by atoms with E-state index in [1.165, 1.54) is 24.3 Å². The van der Waals surface area contributed by atoms with Crippen molar-refractivity contribution in [1.29, 1.82) is 0 Å². The van der Waals surface area contributed by atoms with Crippen LogP contribution in [0.1, 0.15) is 122 Å². The lowest BCUT2D eigenvalue weighted by Gasteiger charge is -2.26. The second-order valence-electron chi connectivity index (χ2n) is 34.6. The third-order valence-corrected chi connectivity index (χ3v) is 21.4. The summed E-state index contributed by atoms with van der Waals surface area (Å²) < 4.78 is 0. The second kappa shape index (κ2) is 52.2. The summed E-state index contributed by atoms with van der Waals surface area (Å²) in [4.78, 5) is 221. The average molecular weight is 2080 g/mol. The van der Waals surface area contributed by atoms with Crippen LogP contribution >= 0.6 is 23.5 Å². The predicted octanol–water partition coefficient (Wildman–Crippen LogP) is 16.2. The molecule has 0 aliphatic heterocycles. The van der Waals surface area contributed by atoms with Crippen molar-refractivity contribution in [3.63, 3.8) is 0 Å². The number of thioether (sulfide) groups is 2. The number of nitro groups is 16. The van der Waals surface area contributed by atoms with Gasteiger partial charge in [0.05, 0.1) is 78.8 Å². The predicted molar refractivity (Wildman–Crippen MR) is 525 cm³/mol. The van der Waals surface area contributed by atoms with Crippen molar-refractivity contribution in [2.24, 2.45) is 0 Å². The molecule has 0 fully saturated rings. The maximum Gasteiger partial charge on any atom is 0.299 e. The highest BCUT2D eigenvalue weighted by Gasteiger charge is 2.40. The van der Waals surface area contributed by atoms with E-state index < -0.39 is 274 Å². The van der Waals surface area contributed by atoms with Crippen LogP contribution in [0.15, 0.2) is 155 Å². The largest absolute Gasteiger partial charge is 0.374 e. The number of nitro benzene ring substituents is 16. The Morgan fingerprint density at radius 2 is 0.370 bits per heavy atom. The van der Waals surface area contributed by atoms with Gasteiger partial charge in [0.25, 0.3) is 91.0 Å². The summed E-state index contributed by atoms with van der Waals surface area (Å²) in [6.45, 7) is 20.4. The number of amides is 4. The molecule has 0 aromatic heterocycles. The van der Waals surface area contributed by atoms with Crippen LogP contribution in [-0.2, 0) is 19.2 Å². The molecule has 8 aromatic carbocycles. The highest BCUT2D eigenvalue weighted by Crippen LogP contribution is 2.45. The molecule has 8 aromatic rings. The summed E-state index contributed by atoms with van der Waals surface area (Å²) in [5, 5.41) is 209. The highest BCUT2D eigenvalue weighted by atomic mass is 32.2. The minimum atomic E-state index is -1.40. The van der Waals surface area contributed by atoms with Gasteiger partial charge >= 0.3 is 0 Å².